The van der Waals surface area contributed by atoms with Crippen LogP contribution in [0.1, 0.15) is 11.1 Å². The van der Waals surface area contributed by atoms with Gasteiger partial charge in [-0.15, -0.1) is 0 Å². The van der Waals surface area contributed by atoms with Crippen molar-refractivity contribution in [2.24, 2.45) is 0 Å². The highest BCUT2D eigenvalue weighted by Crippen LogP contribution is 1.99. The molecule has 0 fully saturated rings. The lowest BCUT2D eigenvalue weighted by Crippen LogP contribution is -2.44. The van der Waals surface area contributed by atoms with E-state index >= 15 is 0 Å². The van der Waals surface area contributed by atoms with E-state index in [0.717, 1.165) is 0 Å². The largest absolute Gasteiger partial charge is 0.450 e. The van der Waals surface area contributed by atoms with Crippen LogP contribution in [0.5, 0.6) is 0 Å². The lowest BCUT2D eigenvalue weighted by atomic mass is 10.2. The van der Waals surface area contributed by atoms with Crippen molar-refractivity contribution in [2.45, 2.75) is 13.8 Å². The summed E-state index contributed by atoms with van der Waals surface area (Å²) >= 11 is 0. The van der Waals surface area contributed by atoms with Crippen LogP contribution in [-0.4, -0.2) is 19.5 Å². The maximum Gasteiger partial charge on any atom is 0.271 e. The number of hydrogen-bond acceptors (Lipinski definition) is 1. The first-order chi connectivity index (χ1) is 8.20. The molecular formula is C14H14OSi2. The van der Waals surface area contributed by atoms with Crippen LogP contribution in [0.2, 0.25) is 0 Å². The van der Waals surface area contributed by atoms with Crippen molar-refractivity contribution in [1.29, 1.82) is 0 Å². The van der Waals surface area contributed by atoms with Gasteiger partial charge in [0.2, 0.25) is 10.5 Å². The molecule has 0 saturated heterocycles. The molecule has 17 heavy (non-hydrogen) atoms. The second kappa shape index (κ2) is 5.44. The fraction of sp³-hybridized carbons (Fsp3) is 0.143. The molecule has 0 saturated carbocycles. The van der Waals surface area contributed by atoms with Crippen molar-refractivity contribution in [3.63, 3.8) is 0 Å². The summed E-state index contributed by atoms with van der Waals surface area (Å²) in [6.45, 7) is 4.19. The molecule has 0 N–H and O–H groups in total. The molecule has 0 aliphatic heterocycles. The first kappa shape index (κ1) is 12.3. The van der Waals surface area contributed by atoms with Gasteiger partial charge in [-0.2, -0.15) is 0 Å². The van der Waals surface area contributed by atoms with Crippen molar-refractivity contribution >= 4 is 29.9 Å². The molecule has 2 aromatic carbocycles. The summed E-state index contributed by atoms with van der Waals surface area (Å²) in [4.78, 5) is 0. The summed E-state index contributed by atoms with van der Waals surface area (Å²) < 4.78 is 5.51. The van der Waals surface area contributed by atoms with Crippen LogP contribution < -0.4 is 10.4 Å². The summed E-state index contributed by atoms with van der Waals surface area (Å²) in [5, 5.41) is 2.50. The Labute approximate surface area is 108 Å². The Hall–Kier alpha value is -1.17. The Morgan fingerprint density at radius 1 is 0.765 bits per heavy atom. The summed E-state index contributed by atoms with van der Waals surface area (Å²) in [6.07, 6.45) is 0. The van der Waals surface area contributed by atoms with Gasteiger partial charge in [0.25, 0.3) is 9.04 Å². The third-order valence-corrected chi connectivity index (χ3v) is 5.26. The van der Waals surface area contributed by atoms with Gasteiger partial charge in [0.05, 0.1) is 0 Å². The number of rotatable bonds is 3. The standard InChI is InChI=1S/C14H14OSi2/c1-11-3-7-13(8-4-11)17(15-16)14-9-5-12(2)6-10-14/h3-10H,1-2H3. The highest BCUT2D eigenvalue weighted by molar-refractivity contribution is 6.81. The zero-order valence-corrected chi connectivity index (χ0v) is 12.0. The lowest BCUT2D eigenvalue weighted by Gasteiger charge is -2.13. The van der Waals surface area contributed by atoms with E-state index in [4.69, 9.17) is 4.12 Å². The van der Waals surface area contributed by atoms with E-state index in [1.165, 1.54) is 21.5 Å². The first-order valence-electron chi connectivity index (χ1n) is 5.55. The SMILES string of the molecule is Cc1ccc([Si](O[Si])c2ccc(C)cc2)cc1. The molecule has 0 amide bonds. The molecule has 2 rings (SSSR count). The highest BCUT2D eigenvalue weighted by atomic mass is 28.3. The van der Waals surface area contributed by atoms with Crippen LogP contribution in [0.15, 0.2) is 48.5 Å². The maximum atomic E-state index is 5.51. The van der Waals surface area contributed by atoms with Gasteiger partial charge in [-0.3, -0.25) is 0 Å². The Bertz CT molecular complexity index is 431. The zero-order chi connectivity index (χ0) is 12.3. The molecule has 0 unspecified atom stereocenters. The predicted octanol–water partition coefficient (Wildman–Crippen LogP) is 1.51. The smallest absolute Gasteiger partial charge is 0.271 e. The van der Waals surface area contributed by atoms with Crippen LogP contribution in [0.25, 0.3) is 0 Å². The topological polar surface area (TPSA) is 9.23 Å². The Balaban J connectivity index is 2.33. The van der Waals surface area contributed by atoms with Gasteiger partial charge in [0.1, 0.15) is 0 Å². The summed E-state index contributed by atoms with van der Waals surface area (Å²) in [7, 11) is 2.06. The molecule has 0 aliphatic carbocycles. The summed E-state index contributed by atoms with van der Waals surface area (Å²) in [5.74, 6) is 0. The van der Waals surface area contributed by atoms with Crippen molar-refractivity contribution < 1.29 is 4.12 Å². The molecule has 0 heterocycles. The number of benzene rings is 2. The monoisotopic (exact) mass is 254 g/mol. The molecule has 0 atom stereocenters. The quantitative estimate of drug-likeness (QED) is 0.755. The minimum absolute atomic E-state index is 1.16. The van der Waals surface area contributed by atoms with Gasteiger partial charge >= 0.3 is 0 Å². The van der Waals surface area contributed by atoms with Crippen LogP contribution in [0, 0.1) is 13.8 Å². The van der Waals surface area contributed by atoms with E-state index in [2.05, 4.69) is 72.9 Å². The van der Waals surface area contributed by atoms with Crippen LogP contribution in [0.3, 0.4) is 0 Å². The van der Waals surface area contributed by atoms with Crippen molar-refractivity contribution in [3.8, 4) is 0 Å². The molecule has 4 radical (unpaired) electrons. The fourth-order valence-electron chi connectivity index (χ4n) is 1.69. The lowest BCUT2D eigenvalue weighted by molar-refractivity contribution is 0.661. The average Bonchev–Trinajstić information content (AvgIpc) is 2.35. The molecular weight excluding hydrogens is 240 g/mol. The van der Waals surface area contributed by atoms with Gasteiger partial charge in [-0.05, 0) is 24.2 Å². The second-order valence-electron chi connectivity index (χ2n) is 4.16. The van der Waals surface area contributed by atoms with E-state index in [1.54, 1.807) is 0 Å². The molecule has 84 valence electrons. The molecule has 0 spiro atoms. The number of aryl methyl sites for hydroxylation is 2. The third-order valence-electron chi connectivity index (χ3n) is 2.73. The third kappa shape index (κ3) is 2.94. The van der Waals surface area contributed by atoms with E-state index in [-0.39, 0.29) is 0 Å². The van der Waals surface area contributed by atoms with Crippen LogP contribution in [-0.2, 0) is 4.12 Å². The highest BCUT2D eigenvalue weighted by Gasteiger charge is 2.16. The van der Waals surface area contributed by atoms with E-state index in [1.807, 2.05) is 0 Å². The predicted molar refractivity (Wildman–Crippen MR) is 74.2 cm³/mol. The van der Waals surface area contributed by atoms with Crippen LogP contribution >= 0.6 is 0 Å². The minimum atomic E-state index is -1.16. The first-order valence-corrected chi connectivity index (χ1v) is 7.37. The van der Waals surface area contributed by atoms with E-state index < -0.39 is 9.04 Å². The average molecular weight is 254 g/mol. The Morgan fingerprint density at radius 2 is 1.12 bits per heavy atom. The van der Waals surface area contributed by atoms with Crippen molar-refractivity contribution in [2.75, 3.05) is 0 Å². The molecule has 2 aromatic rings. The molecule has 3 heteroatoms. The van der Waals surface area contributed by atoms with E-state index in [9.17, 15) is 0 Å². The van der Waals surface area contributed by atoms with Gasteiger partial charge in [0.15, 0.2) is 0 Å². The fourth-order valence-corrected chi connectivity index (χ4v) is 3.91. The summed E-state index contributed by atoms with van der Waals surface area (Å²) in [5.41, 5.74) is 2.54. The maximum absolute atomic E-state index is 5.51. The van der Waals surface area contributed by atoms with Gasteiger partial charge in [-0.25, -0.2) is 0 Å². The molecule has 0 aromatic heterocycles. The van der Waals surface area contributed by atoms with Crippen LogP contribution in [0.4, 0.5) is 0 Å². The Morgan fingerprint density at radius 3 is 1.41 bits per heavy atom. The minimum Gasteiger partial charge on any atom is -0.450 e. The second-order valence-corrected chi connectivity index (χ2v) is 6.79. The number of hydrogen-bond donors (Lipinski definition) is 0. The van der Waals surface area contributed by atoms with Gasteiger partial charge in [0, 0.05) is 0 Å². The Kier molecular flexibility index (Phi) is 3.94. The van der Waals surface area contributed by atoms with E-state index in [0.29, 0.717) is 0 Å². The van der Waals surface area contributed by atoms with Gasteiger partial charge < -0.3 is 4.12 Å². The zero-order valence-electron chi connectivity index (χ0n) is 10.0. The van der Waals surface area contributed by atoms with Crippen molar-refractivity contribution in [1.82, 2.24) is 0 Å². The van der Waals surface area contributed by atoms with Gasteiger partial charge in [-0.1, -0.05) is 59.7 Å². The molecule has 0 bridgehead atoms. The molecule has 1 nitrogen and oxygen atoms in total. The molecule has 0 aliphatic rings. The summed E-state index contributed by atoms with van der Waals surface area (Å²) in [6, 6.07) is 17.1. The van der Waals surface area contributed by atoms with Crippen molar-refractivity contribution in [3.05, 3.63) is 59.7 Å². The normalized spacial score (nSPS) is 10.8.